The maximum absolute atomic E-state index is 11.9. The molecule has 0 saturated carbocycles. The van der Waals surface area contributed by atoms with E-state index in [4.69, 9.17) is 0 Å². The first-order chi connectivity index (χ1) is 12.1. The third kappa shape index (κ3) is 18.0. The summed E-state index contributed by atoms with van der Waals surface area (Å²) in [5.74, 6) is 0.962. The van der Waals surface area contributed by atoms with Crippen LogP contribution in [0.5, 0.6) is 0 Å². The van der Waals surface area contributed by atoms with Crippen molar-refractivity contribution in [3.8, 4) is 0 Å². The van der Waals surface area contributed by atoms with Gasteiger partial charge in [0, 0.05) is 6.42 Å². The lowest BCUT2D eigenvalue weighted by molar-refractivity contribution is -0.122. The predicted molar refractivity (Wildman–Crippen MR) is 109 cm³/mol. The number of nitrogens with one attached hydrogen (secondary N) is 1. The van der Waals surface area contributed by atoms with Crippen LogP contribution in [0.3, 0.4) is 0 Å². The molecule has 0 aromatic carbocycles. The highest BCUT2D eigenvalue weighted by atomic mass is 16.3. The van der Waals surface area contributed by atoms with Crippen LogP contribution in [0.4, 0.5) is 0 Å². The number of carbonyl (C=O) groups is 1. The molecule has 0 aliphatic rings. The number of hydrogen-bond acceptors (Lipinski definition) is 2. The Balaban J connectivity index is 3.33. The van der Waals surface area contributed by atoms with Gasteiger partial charge in [-0.25, -0.2) is 0 Å². The molecule has 1 amide bonds. The molecule has 150 valence electrons. The number of hydrogen-bond donors (Lipinski definition) is 2. The molecule has 3 nitrogen and oxygen atoms in total. The quantitative estimate of drug-likeness (QED) is 0.297. The molecule has 0 radical (unpaired) electrons. The van der Waals surface area contributed by atoms with Crippen LogP contribution in [0, 0.1) is 5.92 Å². The van der Waals surface area contributed by atoms with Gasteiger partial charge in [0.25, 0.3) is 0 Å². The molecule has 2 N–H and O–H groups in total. The van der Waals surface area contributed by atoms with E-state index in [2.05, 4.69) is 26.1 Å². The van der Waals surface area contributed by atoms with Crippen molar-refractivity contribution in [3.63, 3.8) is 0 Å². The Morgan fingerprint density at radius 3 is 1.80 bits per heavy atom. The molecule has 0 aliphatic carbocycles. The summed E-state index contributed by atoms with van der Waals surface area (Å²) in [4.78, 5) is 11.9. The second-order valence-corrected chi connectivity index (χ2v) is 8.06. The molecule has 0 aromatic heterocycles. The van der Waals surface area contributed by atoms with E-state index in [1.165, 1.54) is 57.8 Å². The fourth-order valence-electron chi connectivity index (χ4n) is 3.21. The van der Waals surface area contributed by atoms with Crippen molar-refractivity contribution in [1.82, 2.24) is 5.32 Å². The summed E-state index contributed by atoms with van der Waals surface area (Å²) < 4.78 is 0. The minimum Gasteiger partial charge on any atom is -0.394 e. The van der Waals surface area contributed by atoms with Crippen LogP contribution in [0.25, 0.3) is 0 Å². The second-order valence-electron chi connectivity index (χ2n) is 8.06. The van der Waals surface area contributed by atoms with E-state index in [9.17, 15) is 9.90 Å². The van der Waals surface area contributed by atoms with Crippen molar-refractivity contribution >= 4 is 5.91 Å². The van der Waals surface area contributed by atoms with Crippen LogP contribution in [0.15, 0.2) is 0 Å². The smallest absolute Gasteiger partial charge is 0.220 e. The van der Waals surface area contributed by atoms with E-state index in [1.807, 2.05) is 0 Å². The van der Waals surface area contributed by atoms with E-state index in [0.29, 0.717) is 6.42 Å². The van der Waals surface area contributed by atoms with Gasteiger partial charge in [-0.3, -0.25) is 4.79 Å². The van der Waals surface area contributed by atoms with Crippen LogP contribution in [0.2, 0.25) is 0 Å². The Kier molecular flexibility index (Phi) is 17.8. The van der Waals surface area contributed by atoms with Crippen molar-refractivity contribution < 1.29 is 9.90 Å². The van der Waals surface area contributed by atoms with Crippen molar-refractivity contribution in [1.29, 1.82) is 0 Å². The summed E-state index contributed by atoms with van der Waals surface area (Å²) in [6.45, 7) is 6.80. The van der Waals surface area contributed by atoms with E-state index < -0.39 is 0 Å². The average molecular weight is 356 g/mol. The lowest BCUT2D eigenvalue weighted by atomic mass is 10.0. The fraction of sp³-hybridized carbons (Fsp3) is 0.955. The van der Waals surface area contributed by atoms with E-state index in [0.717, 1.165) is 38.0 Å². The molecule has 0 aromatic rings. The molecule has 0 fully saturated rings. The third-order valence-corrected chi connectivity index (χ3v) is 4.93. The van der Waals surface area contributed by atoms with Crippen molar-refractivity contribution in [2.45, 2.75) is 123 Å². The van der Waals surface area contributed by atoms with E-state index in [1.54, 1.807) is 0 Å². The van der Waals surface area contributed by atoms with Crippen molar-refractivity contribution in [2.75, 3.05) is 6.61 Å². The van der Waals surface area contributed by atoms with Gasteiger partial charge in [-0.15, -0.1) is 0 Å². The van der Waals surface area contributed by atoms with Crippen LogP contribution >= 0.6 is 0 Å². The monoisotopic (exact) mass is 355 g/mol. The Hall–Kier alpha value is -0.570. The highest BCUT2D eigenvalue weighted by molar-refractivity contribution is 5.76. The molecule has 0 spiro atoms. The van der Waals surface area contributed by atoms with Crippen LogP contribution in [-0.4, -0.2) is 23.7 Å². The minimum absolute atomic E-state index is 0.0482. The number of aliphatic hydroxyl groups is 1. The molecule has 0 rings (SSSR count). The Morgan fingerprint density at radius 2 is 1.32 bits per heavy atom. The molecule has 0 heterocycles. The van der Waals surface area contributed by atoms with Gasteiger partial charge in [0.2, 0.25) is 5.91 Å². The predicted octanol–water partition coefficient (Wildman–Crippen LogP) is 5.99. The lowest BCUT2D eigenvalue weighted by Gasteiger charge is -2.15. The van der Waals surface area contributed by atoms with E-state index in [-0.39, 0.29) is 18.6 Å². The lowest BCUT2D eigenvalue weighted by Crippen LogP contribution is -2.37. The molecular weight excluding hydrogens is 310 g/mol. The number of aliphatic hydroxyl groups excluding tert-OH is 1. The van der Waals surface area contributed by atoms with Crippen LogP contribution in [-0.2, 0) is 4.79 Å². The van der Waals surface area contributed by atoms with Crippen molar-refractivity contribution in [3.05, 3.63) is 0 Å². The molecule has 1 atom stereocenters. The average Bonchev–Trinajstić information content (AvgIpc) is 2.59. The molecule has 0 bridgehead atoms. The van der Waals surface area contributed by atoms with Gasteiger partial charge in [0.15, 0.2) is 0 Å². The SMILES string of the molecule is CCCCC(CO)NC(=O)CCCCCCCCCCCCC(C)C. The Labute approximate surface area is 157 Å². The highest BCUT2D eigenvalue weighted by Gasteiger charge is 2.10. The third-order valence-electron chi connectivity index (χ3n) is 4.93. The molecule has 0 aliphatic heterocycles. The largest absolute Gasteiger partial charge is 0.394 e. The fourth-order valence-corrected chi connectivity index (χ4v) is 3.21. The first-order valence-electron chi connectivity index (χ1n) is 11.0. The Morgan fingerprint density at radius 1 is 0.800 bits per heavy atom. The first kappa shape index (κ1) is 24.4. The maximum Gasteiger partial charge on any atom is 0.220 e. The normalized spacial score (nSPS) is 12.5. The van der Waals surface area contributed by atoms with Gasteiger partial charge in [0.1, 0.15) is 0 Å². The van der Waals surface area contributed by atoms with Gasteiger partial charge < -0.3 is 10.4 Å². The summed E-state index contributed by atoms with van der Waals surface area (Å²) in [7, 11) is 0. The maximum atomic E-state index is 11.9. The van der Waals surface area contributed by atoms with Crippen LogP contribution in [0.1, 0.15) is 117 Å². The number of rotatable bonds is 18. The number of amides is 1. The van der Waals surface area contributed by atoms with Gasteiger partial charge >= 0.3 is 0 Å². The second kappa shape index (κ2) is 18.2. The molecule has 0 saturated heterocycles. The molecular formula is C22H45NO2. The molecule has 25 heavy (non-hydrogen) atoms. The topological polar surface area (TPSA) is 49.3 Å². The minimum atomic E-state index is -0.0482. The van der Waals surface area contributed by atoms with Crippen molar-refractivity contribution in [2.24, 2.45) is 5.92 Å². The highest BCUT2D eigenvalue weighted by Crippen LogP contribution is 2.13. The van der Waals surface area contributed by atoms with Gasteiger partial charge in [0.05, 0.1) is 12.6 Å². The summed E-state index contributed by atoms with van der Waals surface area (Å²) in [6, 6.07) is -0.0482. The van der Waals surface area contributed by atoms with E-state index >= 15 is 0 Å². The number of carbonyl (C=O) groups excluding carboxylic acids is 1. The van der Waals surface area contributed by atoms with Crippen LogP contribution < -0.4 is 5.32 Å². The van der Waals surface area contributed by atoms with Gasteiger partial charge in [-0.05, 0) is 18.8 Å². The van der Waals surface area contributed by atoms with Gasteiger partial charge in [-0.1, -0.05) is 97.8 Å². The standard InChI is InChI=1S/C22H45NO2/c1-4-5-17-21(19-24)23-22(25)18-15-13-11-9-7-6-8-10-12-14-16-20(2)3/h20-21,24H,4-19H2,1-3H3,(H,23,25). The number of unbranched alkanes of at least 4 members (excludes halogenated alkanes) is 10. The summed E-state index contributed by atoms with van der Waals surface area (Å²) >= 11 is 0. The zero-order chi connectivity index (χ0) is 18.8. The summed E-state index contributed by atoms with van der Waals surface area (Å²) in [5, 5.41) is 12.2. The zero-order valence-corrected chi connectivity index (χ0v) is 17.3. The summed E-state index contributed by atoms with van der Waals surface area (Å²) in [6.07, 6.45) is 18.0. The zero-order valence-electron chi connectivity index (χ0n) is 17.3. The van der Waals surface area contributed by atoms with Gasteiger partial charge in [-0.2, -0.15) is 0 Å². The Bertz CT molecular complexity index is 292. The first-order valence-corrected chi connectivity index (χ1v) is 11.0. The summed E-state index contributed by atoms with van der Waals surface area (Å²) in [5.41, 5.74) is 0. The molecule has 3 heteroatoms. The molecule has 1 unspecified atom stereocenters.